The molecule has 0 heterocycles. The van der Waals surface area contributed by atoms with Crippen LogP contribution in [0.1, 0.15) is 25.7 Å². The fourth-order valence-corrected chi connectivity index (χ4v) is 2.08. The summed E-state index contributed by atoms with van der Waals surface area (Å²) in [5.74, 6) is -0.573. The molecule has 1 fully saturated rings. The molecule has 0 amide bonds. The molecular formula is C13H18FNO7S. The summed E-state index contributed by atoms with van der Waals surface area (Å²) in [6.45, 7) is 0. The lowest BCUT2D eigenvalue weighted by Crippen LogP contribution is -2.26. The minimum Gasteiger partial charge on any atom is -0.483 e. The number of nitrogens with zero attached hydrogens (tertiary/aromatic N) is 1. The van der Waals surface area contributed by atoms with Gasteiger partial charge in [0.25, 0.3) is 10.1 Å². The number of aliphatic hydroxyl groups excluding tert-OH is 1. The highest BCUT2D eigenvalue weighted by molar-refractivity contribution is 7.85. The summed E-state index contributed by atoms with van der Waals surface area (Å²) in [6, 6.07) is 3.27. The SMILES string of the molecule is CS(=O)(=O)O.O=[N+]([O-])c1cc(F)ccc1OC1CCC(O)CC1. The average molecular weight is 351 g/mol. The van der Waals surface area contributed by atoms with Gasteiger partial charge in [-0.1, -0.05) is 0 Å². The maximum Gasteiger partial charge on any atom is 0.313 e. The van der Waals surface area contributed by atoms with Crippen molar-refractivity contribution < 1.29 is 32.1 Å². The molecule has 0 spiro atoms. The highest BCUT2D eigenvalue weighted by Gasteiger charge is 2.24. The van der Waals surface area contributed by atoms with Gasteiger partial charge in [-0.25, -0.2) is 4.39 Å². The Labute approximate surface area is 132 Å². The molecule has 8 nitrogen and oxygen atoms in total. The quantitative estimate of drug-likeness (QED) is 0.484. The van der Waals surface area contributed by atoms with E-state index in [0.717, 1.165) is 12.1 Å². The topological polar surface area (TPSA) is 127 Å². The Balaban J connectivity index is 0.000000463. The van der Waals surface area contributed by atoms with Crippen LogP contribution < -0.4 is 4.74 Å². The molecule has 0 aliphatic heterocycles. The molecule has 0 unspecified atom stereocenters. The Bertz CT molecular complexity index is 634. The molecule has 1 aliphatic rings. The van der Waals surface area contributed by atoms with Crippen molar-refractivity contribution in [1.29, 1.82) is 0 Å². The Morgan fingerprint density at radius 1 is 1.30 bits per heavy atom. The van der Waals surface area contributed by atoms with E-state index in [0.29, 0.717) is 31.9 Å². The van der Waals surface area contributed by atoms with Crippen molar-refractivity contribution in [2.45, 2.75) is 37.9 Å². The summed E-state index contributed by atoms with van der Waals surface area (Å²) >= 11 is 0. The number of benzene rings is 1. The van der Waals surface area contributed by atoms with E-state index in [9.17, 15) is 28.0 Å². The van der Waals surface area contributed by atoms with Crippen LogP contribution in [0, 0.1) is 15.9 Å². The van der Waals surface area contributed by atoms with E-state index in [1.807, 2.05) is 0 Å². The van der Waals surface area contributed by atoms with E-state index < -0.39 is 20.9 Å². The van der Waals surface area contributed by atoms with Gasteiger partial charge in [-0.2, -0.15) is 8.42 Å². The molecule has 1 aliphatic carbocycles. The second-order valence-corrected chi connectivity index (χ2v) is 6.62. The van der Waals surface area contributed by atoms with E-state index in [4.69, 9.17) is 9.29 Å². The van der Waals surface area contributed by atoms with Crippen molar-refractivity contribution in [1.82, 2.24) is 0 Å². The van der Waals surface area contributed by atoms with Gasteiger partial charge >= 0.3 is 5.69 Å². The Hall–Kier alpha value is -1.78. The average Bonchev–Trinajstić information content (AvgIpc) is 2.41. The van der Waals surface area contributed by atoms with Gasteiger partial charge in [-0.15, -0.1) is 0 Å². The maximum absolute atomic E-state index is 12.9. The smallest absolute Gasteiger partial charge is 0.313 e. The molecule has 0 bridgehead atoms. The van der Waals surface area contributed by atoms with Crippen molar-refractivity contribution in [3.05, 3.63) is 34.1 Å². The first-order chi connectivity index (χ1) is 10.6. The highest BCUT2D eigenvalue weighted by atomic mass is 32.2. The summed E-state index contributed by atoms with van der Waals surface area (Å²) in [4.78, 5) is 10.1. The summed E-state index contributed by atoms with van der Waals surface area (Å²) in [5.41, 5.74) is -0.360. The fourth-order valence-electron chi connectivity index (χ4n) is 2.08. The standard InChI is InChI=1S/C12H14FNO4.CH4O3S/c13-8-1-6-12(11(7-8)14(16)17)18-10-4-2-9(15)3-5-10;1-5(2,3)4/h1,6-7,9-10,15H,2-5H2;1H3,(H,2,3,4). The van der Waals surface area contributed by atoms with Crippen LogP contribution in [0.5, 0.6) is 5.75 Å². The second-order valence-electron chi connectivity index (χ2n) is 5.15. The maximum atomic E-state index is 12.9. The zero-order chi connectivity index (χ0) is 17.6. The molecule has 0 saturated heterocycles. The van der Waals surface area contributed by atoms with Crippen molar-refractivity contribution in [3.63, 3.8) is 0 Å². The molecule has 2 rings (SSSR count). The van der Waals surface area contributed by atoms with E-state index in [2.05, 4.69) is 0 Å². The monoisotopic (exact) mass is 351 g/mol. The zero-order valence-corrected chi connectivity index (χ0v) is 13.2. The van der Waals surface area contributed by atoms with Crippen LogP contribution in [0.4, 0.5) is 10.1 Å². The molecule has 0 aromatic heterocycles. The first-order valence-corrected chi connectivity index (χ1v) is 8.62. The third kappa shape index (κ3) is 7.86. The van der Waals surface area contributed by atoms with E-state index in [1.165, 1.54) is 6.07 Å². The van der Waals surface area contributed by atoms with Gasteiger partial charge < -0.3 is 9.84 Å². The third-order valence-corrected chi connectivity index (χ3v) is 3.06. The molecule has 10 heteroatoms. The summed E-state index contributed by atoms with van der Waals surface area (Å²) < 4.78 is 44.3. The lowest BCUT2D eigenvalue weighted by Gasteiger charge is -2.25. The van der Waals surface area contributed by atoms with Gasteiger partial charge in [0.15, 0.2) is 5.75 Å². The number of rotatable bonds is 3. The Kier molecular flexibility index (Phi) is 6.85. The largest absolute Gasteiger partial charge is 0.483 e. The van der Waals surface area contributed by atoms with Gasteiger partial charge in [-0.3, -0.25) is 14.7 Å². The number of ether oxygens (including phenoxy) is 1. The molecule has 1 aromatic rings. The Morgan fingerprint density at radius 3 is 2.30 bits per heavy atom. The number of halogens is 1. The minimum atomic E-state index is -3.67. The van der Waals surface area contributed by atoms with Crippen LogP contribution in [0.3, 0.4) is 0 Å². The van der Waals surface area contributed by atoms with Crippen LogP contribution in [0.25, 0.3) is 0 Å². The zero-order valence-electron chi connectivity index (χ0n) is 12.4. The van der Waals surface area contributed by atoms with Crippen molar-refractivity contribution >= 4 is 15.8 Å². The van der Waals surface area contributed by atoms with Crippen molar-refractivity contribution in [2.75, 3.05) is 6.26 Å². The van der Waals surface area contributed by atoms with Crippen molar-refractivity contribution in [2.24, 2.45) is 0 Å². The number of nitro benzene ring substituents is 1. The van der Waals surface area contributed by atoms with Crippen LogP contribution in [0.15, 0.2) is 18.2 Å². The number of aliphatic hydroxyl groups is 1. The molecule has 0 atom stereocenters. The number of hydrogen-bond acceptors (Lipinski definition) is 6. The van der Waals surface area contributed by atoms with E-state index >= 15 is 0 Å². The minimum absolute atomic E-state index is 0.0859. The van der Waals surface area contributed by atoms with Crippen LogP contribution in [-0.4, -0.2) is 41.5 Å². The summed E-state index contributed by atoms with van der Waals surface area (Å²) in [6.07, 6.45) is 2.79. The van der Waals surface area contributed by atoms with Gasteiger partial charge in [-0.05, 0) is 37.8 Å². The molecule has 130 valence electrons. The Morgan fingerprint density at radius 2 is 1.83 bits per heavy atom. The van der Waals surface area contributed by atoms with E-state index in [1.54, 1.807) is 0 Å². The molecule has 2 N–H and O–H groups in total. The van der Waals surface area contributed by atoms with Crippen LogP contribution in [-0.2, 0) is 10.1 Å². The first kappa shape index (κ1) is 19.3. The summed E-state index contributed by atoms with van der Waals surface area (Å²) in [5, 5.41) is 20.1. The van der Waals surface area contributed by atoms with Crippen molar-refractivity contribution in [3.8, 4) is 5.75 Å². The highest BCUT2D eigenvalue weighted by Crippen LogP contribution is 2.31. The molecule has 0 radical (unpaired) electrons. The lowest BCUT2D eigenvalue weighted by atomic mass is 9.95. The van der Waals surface area contributed by atoms with Gasteiger partial charge in [0.1, 0.15) is 5.82 Å². The molecule has 1 aromatic carbocycles. The normalized spacial score (nSPS) is 21.0. The molecular weight excluding hydrogens is 333 g/mol. The first-order valence-electron chi connectivity index (χ1n) is 6.77. The summed E-state index contributed by atoms with van der Waals surface area (Å²) in [7, 11) is -3.67. The second kappa shape index (κ2) is 8.18. The number of nitro groups is 1. The van der Waals surface area contributed by atoms with Gasteiger partial charge in [0, 0.05) is 0 Å². The van der Waals surface area contributed by atoms with E-state index in [-0.39, 0.29) is 23.6 Å². The fraction of sp³-hybridized carbons (Fsp3) is 0.538. The predicted octanol–water partition coefficient (Wildman–Crippen LogP) is 1.92. The van der Waals surface area contributed by atoms with Gasteiger partial charge in [0.2, 0.25) is 0 Å². The molecule has 23 heavy (non-hydrogen) atoms. The van der Waals surface area contributed by atoms with Crippen LogP contribution >= 0.6 is 0 Å². The number of hydrogen-bond donors (Lipinski definition) is 2. The van der Waals surface area contributed by atoms with Gasteiger partial charge in [0.05, 0.1) is 29.5 Å². The third-order valence-electron chi connectivity index (χ3n) is 3.06. The molecule has 1 saturated carbocycles. The lowest BCUT2D eigenvalue weighted by molar-refractivity contribution is -0.386. The van der Waals surface area contributed by atoms with Crippen LogP contribution in [0.2, 0.25) is 0 Å². The predicted molar refractivity (Wildman–Crippen MR) is 79.4 cm³/mol.